The summed E-state index contributed by atoms with van der Waals surface area (Å²) in [4.78, 5) is 10.9. The van der Waals surface area contributed by atoms with Crippen LogP contribution in [0, 0.1) is 5.41 Å². The third kappa shape index (κ3) is 4.55. The zero-order valence-electron chi connectivity index (χ0n) is 12.6. The minimum Gasteiger partial charge on any atom is -0.382 e. The number of carbonyl (C=O) groups is 1. The van der Waals surface area contributed by atoms with Gasteiger partial charge in [0.15, 0.2) is 0 Å². The van der Waals surface area contributed by atoms with E-state index in [2.05, 4.69) is 19.2 Å². The largest absolute Gasteiger partial charge is 0.382 e. The summed E-state index contributed by atoms with van der Waals surface area (Å²) in [6, 6.07) is 8.63. The van der Waals surface area contributed by atoms with Crippen molar-refractivity contribution in [1.82, 2.24) is 0 Å². The fourth-order valence-electron chi connectivity index (χ4n) is 2.96. The van der Waals surface area contributed by atoms with E-state index in [4.69, 9.17) is 5.73 Å². The van der Waals surface area contributed by atoms with E-state index in [1.807, 2.05) is 24.3 Å². The lowest BCUT2D eigenvalue weighted by atomic mass is 9.85. The van der Waals surface area contributed by atoms with E-state index in [-0.39, 0.29) is 5.91 Å². The van der Waals surface area contributed by atoms with Gasteiger partial charge >= 0.3 is 0 Å². The van der Waals surface area contributed by atoms with Crippen LogP contribution in [0.2, 0.25) is 0 Å². The summed E-state index contributed by atoms with van der Waals surface area (Å²) >= 11 is 0. The number of nitrogens with one attached hydrogen (secondary N) is 1. The molecule has 0 spiro atoms. The SMILES string of the molecule is CC1(C)CCCC(Nc2ccc(CC(N)=O)cc2)CC1. The second-order valence-electron chi connectivity index (χ2n) is 6.78. The molecule has 3 heteroatoms. The van der Waals surface area contributed by atoms with Crippen LogP contribution in [0.1, 0.15) is 51.5 Å². The molecule has 1 amide bonds. The molecule has 1 unspecified atom stereocenters. The van der Waals surface area contributed by atoms with Gasteiger partial charge in [-0.05, 0) is 48.8 Å². The minimum atomic E-state index is -0.281. The third-order valence-corrected chi connectivity index (χ3v) is 4.28. The molecule has 0 radical (unpaired) electrons. The second kappa shape index (κ2) is 6.29. The van der Waals surface area contributed by atoms with Crippen molar-refractivity contribution in [3.8, 4) is 0 Å². The molecule has 1 aromatic carbocycles. The first kappa shape index (κ1) is 14.9. The van der Waals surface area contributed by atoms with Crippen LogP contribution in [0.4, 0.5) is 5.69 Å². The summed E-state index contributed by atoms with van der Waals surface area (Å²) in [5, 5.41) is 3.62. The Morgan fingerprint density at radius 3 is 2.60 bits per heavy atom. The highest BCUT2D eigenvalue weighted by Gasteiger charge is 2.24. The Bertz CT molecular complexity index is 451. The Kier molecular flexibility index (Phi) is 4.69. The lowest BCUT2D eigenvalue weighted by molar-refractivity contribution is -0.117. The Labute approximate surface area is 121 Å². The second-order valence-corrected chi connectivity index (χ2v) is 6.78. The maximum atomic E-state index is 10.9. The van der Waals surface area contributed by atoms with Crippen molar-refractivity contribution in [3.05, 3.63) is 29.8 Å². The highest BCUT2D eigenvalue weighted by molar-refractivity contribution is 5.76. The van der Waals surface area contributed by atoms with E-state index in [9.17, 15) is 4.79 Å². The van der Waals surface area contributed by atoms with Gasteiger partial charge in [-0.2, -0.15) is 0 Å². The summed E-state index contributed by atoms with van der Waals surface area (Å²) in [6.07, 6.45) is 6.69. The van der Waals surface area contributed by atoms with E-state index < -0.39 is 0 Å². The molecule has 0 heterocycles. The Morgan fingerprint density at radius 2 is 1.95 bits per heavy atom. The minimum absolute atomic E-state index is 0.281. The van der Waals surface area contributed by atoms with Crippen molar-refractivity contribution in [1.29, 1.82) is 0 Å². The molecule has 1 saturated carbocycles. The maximum absolute atomic E-state index is 10.9. The summed E-state index contributed by atoms with van der Waals surface area (Å²) in [7, 11) is 0. The summed E-state index contributed by atoms with van der Waals surface area (Å²) < 4.78 is 0. The van der Waals surface area contributed by atoms with Crippen molar-refractivity contribution >= 4 is 11.6 Å². The maximum Gasteiger partial charge on any atom is 0.221 e. The number of anilines is 1. The highest BCUT2D eigenvalue weighted by Crippen LogP contribution is 2.34. The number of benzene rings is 1. The van der Waals surface area contributed by atoms with Gasteiger partial charge in [-0.1, -0.05) is 32.4 Å². The molecular formula is C17H26N2O. The number of primary amides is 1. The first-order valence-electron chi connectivity index (χ1n) is 7.58. The first-order valence-corrected chi connectivity index (χ1v) is 7.58. The molecule has 1 aromatic rings. The van der Waals surface area contributed by atoms with Crippen LogP contribution in [-0.4, -0.2) is 11.9 Å². The smallest absolute Gasteiger partial charge is 0.221 e. The zero-order chi connectivity index (χ0) is 14.6. The molecule has 3 nitrogen and oxygen atoms in total. The molecule has 1 aliphatic rings. The van der Waals surface area contributed by atoms with Gasteiger partial charge in [0.05, 0.1) is 6.42 Å². The van der Waals surface area contributed by atoms with Crippen LogP contribution in [0.5, 0.6) is 0 Å². The third-order valence-electron chi connectivity index (χ3n) is 4.28. The first-order chi connectivity index (χ1) is 9.44. The molecule has 0 aromatic heterocycles. The number of carbonyl (C=O) groups excluding carboxylic acids is 1. The molecule has 1 aliphatic carbocycles. The number of amides is 1. The van der Waals surface area contributed by atoms with Crippen molar-refractivity contribution in [2.45, 2.75) is 58.4 Å². The predicted octanol–water partition coefficient (Wildman–Crippen LogP) is 3.49. The van der Waals surface area contributed by atoms with Crippen molar-refractivity contribution < 1.29 is 4.79 Å². The van der Waals surface area contributed by atoms with E-state index in [1.165, 1.54) is 32.1 Å². The number of hydrogen-bond acceptors (Lipinski definition) is 2. The summed E-state index contributed by atoms with van der Waals surface area (Å²) in [5.74, 6) is -0.281. The molecule has 1 fully saturated rings. The van der Waals surface area contributed by atoms with Crippen LogP contribution in [0.25, 0.3) is 0 Å². The van der Waals surface area contributed by atoms with Gasteiger partial charge in [0.25, 0.3) is 0 Å². The van der Waals surface area contributed by atoms with Crippen molar-refractivity contribution in [2.24, 2.45) is 11.1 Å². The van der Waals surface area contributed by atoms with Gasteiger partial charge in [-0.15, -0.1) is 0 Å². The van der Waals surface area contributed by atoms with Gasteiger partial charge in [-0.25, -0.2) is 0 Å². The van der Waals surface area contributed by atoms with Crippen LogP contribution in [-0.2, 0) is 11.2 Å². The van der Waals surface area contributed by atoms with Crippen LogP contribution >= 0.6 is 0 Å². The number of hydrogen-bond donors (Lipinski definition) is 2. The van der Waals surface area contributed by atoms with Crippen LogP contribution in [0.3, 0.4) is 0 Å². The fourth-order valence-corrected chi connectivity index (χ4v) is 2.96. The quantitative estimate of drug-likeness (QED) is 0.826. The molecule has 110 valence electrons. The Balaban J connectivity index is 1.91. The van der Waals surface area contributed by atoms with E-state index >= 15 is 0 Å². The van der Waals surface area contributed by atoms with E-state index in [0.717, 1.165) is 11.3 Å². The Morgan fingerprint density at radius 1 is 1.25 bits per heavy atom. The highest BCUT2D eigenvalue weighted by atomic mass is 16.1. The number of nitrogens with two attached hydrogens (primary N) is 1. The van der Waals surface area contributed by atoms with Gasteiger partial charge < -0.3 is 11.1 Å². The molecule has 2 rings (SSSR count). The molecular weight excluding hydrogens is 248 g/mol. The molecule has 0 saturated heterocycles. The zero-order valence-corrected chi connectivity index (χ0v) is 12.6. The molecule has 3 N–H and O–H groups in total. The lowest BCUT2D eigenvalue weighted by Gasteiger charge is -2.22. The molecule has 1 atom stereocenters. The fraction of sp³-hybridized carbons (Fsp3) is 0.588. The van der Waals surface area contributed by atoms with Crippen LogP contribution < -0.4 is 11.1 Å². The molecule has 0 bridgehead atoms. The van der Waals surface area contributed by atoms with Gasteiger partial charge in [0.1, 0.15) is 0 Å². The Hall–Kier alpha value is -1.51. The van der Waals surface area contributed by atoms with Crippen molar-refractivity contribution in [2.75, 3.05) is 5.32 Å². The van der Waals surface area contributed by atoms with Gasteiger partial charge in [0.2, 0.25) is 5.91 Å². The standard InChI is InChI=1S/C17H26N2O/c1-17(2)10-3-4-14(9-11-17)19-15-7-5-13(6-8-15)12-16(18)20/h5-8,14,19H,3-4,9-12H2,1-2H3,(H2,18,20). The van der Waals surface area contributed by atoms with Crippen molar-refractivity contribution in [3.63, 3.8) is 0 Å². The van der Waals surface area contributed by atoms with E-state index in [0.29, 0.717) is 17.9 Å². The normalized spacial score (nSPS) is 22.0. The lowest BCUT2D eigenvalue weighted by Crippen LogP contribution is -2.19. The van der Waals surface area contributed by atoms with Gasteiger partial charge in [0, 0.05) is 11.7 Å². The summed E-state index contributed by atoms with van der Waals surface area (Å²) in [6.45, 7) is 4.74. The van der Waals surface area contributed by atoms with Crippen LogP contribution in [0.15, 0.2) is 24.3 Å². The molecule has 20 heavy (non-hydrogen) atoms. The molecule has 0 aliphatic heterocycles. The summed E-state index contributed by atoms with van der Waals surface area (Å²) in [5.41, 5.74) is 7.81. The average molecular weight is 274 g/mol. The van der Waals surface area contributed by atoms with E-state index in [1.54, 1.807) is 0 Å². The van der Waals surface area contributed by atoms with Gasteiger partial charge in [-0.3, -0.25) is 4.79 Å². The average Bonchev–Trinajstić information content (AvgIpc) is 2.53. The monoisotopic (exact) mass is 274 g/mol. The topological polar surface area (TPSA) is 55.1 Å². The number of rotatable bonds is 4. The predicted molar refractivity (Wildman–Crippen MR) is 83.6 cm³/mol.